The first-order chi connectivity index (χ1) is 22.8. The zero-order chi connectivity index (χ0) is 36.3. The van der Waals surface area contributed by atoms with Gasteiger partial charge >= 0.3 is 5.97 Å². The summed E-state index contributed by atoms with van der Waals surface area (Å²) in [4.78, 5) is 46.4. The first-order valence-electron chi connectivity index (χ1n) is 16.3. The van der Waals surface area contributed by atoms with Crippen molar-refractivity contribution in [1.29, 1.82) is 0 Å². The number of hydrogen-bond acceptors (Lipinski definition) is 8. The number of guanidine groups is 1. The Bertz CT molecular complexity index is 1930. The van der Waals surface area contributed by atoms with Gasteiger partial charge in [0.2, 0.25) is 5.96 Å². The summed E-state index contributed by atoms with van der Waals surface area (Å²) in [6.45, 7) is 14.5. The number of H-pyrrole nitrogens is 1. The lowest BCUT2D eigenvalue weighted by Gasteiger charge is -2.35. The van der Waals surface area contributed by atoms with Gasteiger partial charge in [0.1, 0.15) is 28.6 Å². The molecule has 0 radical (unpaired) electrons. The summed E-state index contributed by atoms with van der Waals surface area (Å²) >= 11 is 0. The van der Waals surface area contributed by atoms with Crippen LogP contribution in [0.3, 0.4) is 0 Å². The quantitative estimate of drug-likeness (QED) is 0.103. The van der Waals surface area contributed by atoms with E-state index in [4.69, 9.17) is 15.2 Å². The molecule has 2 aromatic carbocycles. The second kappa shape index (κ2) is 14.5. The van der Waals surface area contributed by atoms with E-state index < -0.39 is 39.1 Å². The van der Waals surface area contributed by atoms with Gasteiger partial charge in [-0.05, 0) is 115 Å². The summed E-state index contributed by atoms with van der Waals surface area (Å²) in [6, 6.07) is 9.45. The number of nitrogens with one attached hydrogen (secondary N) is 3. The summed E-state index contributed by atoms with van der Waals surface area (Å²) in [5, 5.41) is 2.67. The van der Waals surface area contributed by atoms with Gasteiger partial charge in [0.15, 0.2) is 0 Å². The Morgan fingerprint density at radius 2 is 1.76 bits per heavy atom. The molecule has 1 amide bonds. The molecule has 0 fully saturated rings. The van der Waals surface area contributed by atoms with Gasteiger partial charge in [-0.1, -0.05) is 30.3 Å². The molecule has 5 N–H and O–H groups in total. The average Bonchev–Trinajstić information content (AvgIpc) is 3.00. The lowest BCUT2D eigenvalue weighted by Crippen LogP contribution is -2.45. The van der Waals surface area contributed by atoms with Gasteiger partial charge in [0, 0.05) is 18.3 Å². The standard InChI is InChI=1S/C36H47N5O7S/c1-21-22(2)30(23(3)25-16-18-36(7,8)47-29(21)25)49(45,46)41-34(37)39-19-12-15-27(33(44)48-35(4,5)6)40-32(43)28-26(17-20-38-31(28)42)24-13-10-9-11-14-24/h9-11,13-14,17,20,27H,12,15-16,18-19H2,1-8H3,(H,38,42)(H,40,43)(H3,37,39,41)/t27-/m0/s1. The van der Waals surface area contributed by atoms with Gasteiger partial charge in [-0.2, -0.15) is 0 Å². The highest BCUT2D eigenvalue weighted by Crippen LogP contribution is 2.42. The summed E-state index contributed by atoms with van der Waals surface area (Å²) < 4.78 is 41.3. The molecule has 4 rings (SSSR count). The molecule has 1 aliphatic heterocycles. The van der Waals surface area contributed by atoms with Crippen LogP contribution in [0.5, 0.6) is 5.75 Å². The molecule has 0 unspecified atom stereocenters. The maximum absolute atomic E-state index is 13.6. The minimum atomic E-state index is -4.10. The number of carbonyl (C=O) groups excluding carboxylic acids is 2. The van der Waals surface area contributed by atoms with Crippen LogP contribution in [-0.4, -0.2) is 55.0 Å². The van der Waals surface area contributed by atoms with E-state index in [-0.39, 0.29) is 41.4 Å². The number of pyridine rings is 1. The van der Waals surface area contributed by atoms with E-state index in [1.807, 2.05) is 26.8 Å². The Hall–Kier alpha value is -4.65. The fourth-order valence-corrected chi connectivity index (χ4v) is 7.41. The molecule has 0 aliphatic carbocycles. The van der Waals surface area contributed by atoms with E-state index in [0.717, 1.165) is 23.3 Å². The summed E-state index contributed by atoms with van der Waals surface area (Å²) in [7, 11) is -4.10. The number of amides is 1. The molecule has 49 heavy (non-hydrogen) atoms. The van der Waals surface area contributed by atoms with Crippen LogP contribution in [0.25, 0.3) is 11.1 Å². The summed E-state index contributed by atoms with van der Waals surface area (Å²) in [5.74, 6) is -1.01. The first-order valence-corrected chi connectivity index (χ1v) is 17.7. The maximum atomic E-state index is 13.6. The van der Waals surface area contributed by atoms with Crippen molar-refractivity contribution >= 4 is 27.9 Å². The monoisotopic (exact) mass is 693 g/mol. The lowest BCUT2D eigenvalue weighted by molar-refractivity contribution is -0.157. The average molecular weight is 694 g/mol. The van der Waals surface area contributed by atoms with E-state index in [1.165, 1.54) is 6.20 Å². The van der Waals surface area contributed by atoms with E-state index in [1.54, 1.807) is 65.0 Å². The number of aromatic nitrogens is 1. The van der Waals surface area contributed by atoms with Crippen LogP contribution in [-0.2, 0) is 26.0 Å². The SMILES string of the molecule is Cc1c(C)c(S(=O)(=O)NC(N)=NCCC[C@H](NC(=O)c2c(-c3ccccc3)cc[nH]c2=O)C(=O)OC(C)(C)C)c(C)c2c1OC(C)(C)CC2. The van der Waals surface area contributed by atoms with E-state index >= 15 is 0 Å². The number of hydrogen-bond donors (Lipinski definition) is 4. The molecule has 0 saturated heterocycles. The highest BCUT2D eigenvalue weighted by molar-refractivity contribution is 7.90. The van der Waals surface area contributed by atoms with Crippen LogP contribution in [0.4, 0.5) is 0 Å². The number of nitrogens with zero attached hydrogens (tertiary/aromatic N) is 1. The van der Waals surface area contributed by atoms with Crippen molar-refractivity contribution in [2.24, 2.45) is 10.7 Å². The predicted octanol–water partition coefficient (Wildman–Crippen LogP) is 4.58. The second-order valence-corrected chi connectivity index (χ2v) is 15.5. The topological polar surface area (TPSA) is 182 Å². The van der Waals surface area contributed by atoms with Gasteiger partial charge in [0.05, 0.1) is 4.90 Å². The van der Waals surface area contributed by atoms with Crippen molar-refractivity contribution in [3.05, 3.63) is 80.8 Å². The largest absolute Gasteiger partial charge is 0.487 e. The Kier molecular flexibility index (Phi) is 11.0. The Balaban J connectivity index is 1.49. The molecule has 2 heterocycles. The van der Waals surface area contributed by atoms with Crippen molar-refractivity contribution in [1.82, 2.24) is 15.0 Å². The number of sulfonamides is 1. The van der Waals surface area contributed by atoms with E-state index in [2.05, 4.69) is 20.0 Å². The van der Waals surface area contributed by atoms with Crippen LogP contribution >= 0.6 is 0 Å². The third-order valence-electron chi connectivity index (χ3n) is 8.38. The molecule has 3 aromatic rings. The number of nitrogens with two attached hydrogens (primary N) is 1. The third kappa shape index (κ3) is 8.88. The van der Waals surface area contributed by atoms with Gasteiger partial charge in [-0.25, -0.2) is 17.9 Å². The van der Waals surface area contributed by atoms with Gasteiger partial charge in [-0.3, -0.25) is 14.6 Å². The number of esters is 1. The van der Waals surface area contributed by atoms with Crippen molar-refractivity contribution in [2.45, 2.75) is 103 Å². The number of aliphatic imine (C=N–C) groups is 1. The molecular formula is C36H47N5O7S. The van der Waals surface area contributed by atoms with Crippen LogP contribution in [0, 0.1) is 20.8 Å². The molecule has 13 heteroatoms. The molecule has 264 valence electrons. The number of benzene rings is 2. The van der Waals surface area contributed by atoms with Crippen LogP contribution in [0.1, 0.15) is 86.5 Å². The van der Waals surface area contributed by atoms with Crippen LogP contribution < -0.4 is 26.1 Å². The predicted molar refractivity (Wildman–Crippen MR) is 189 cm³/mol. The van der Waals surface area contributed by atoms with Crippen LogP contribution in [0.15, 0.2) is 57.3 Å². The zero-order valence-corrected chi connectivity index (χ0v) is 30.3. The molecule has 1 aliphatic rings. The van der Waals surface area contributed by atoms with E-state index in [0.29, 0.717) is 28.7 Å². The summed E-state index contributed by atoms with van der Waals surface area (Å²) in [6.07, 6.45) is 3.19. The second-order valence-electron chi connectivity index (χ2n) is 13.9. The number of carbonyl (C=O) groups is 2. The summed E-state index contributed by atoms with van der Waals surface area (Å²) in [5.41, 5.74) is 7.98. The lowest BCUT2D eigenvalue weighted by atomic mass is 9.88. The minimum Gasteiger partial charge on any atom is -0.487 e. The van der Waals surface area contributed by atoms with Gasteiger partial charge < -0.3 is 25.5 Å². The van der Waals surface area contributed by atoms with Gasteiger partial charge in [0.25, 0.3) is 21.5 Å². The number of aromatic amines is 1. The van der Waals surface area contributed by atoms with Crippen molar-refractivity contribution in [3.63, 3.8) is 0 Å². The molecular weight excluding hydrogens is 646 g/mol. The van der Waals surface area contributed by atoms with Crippen molar-refractivity contribution in [2.75, 3.05) is 6.54 Å². The fourth-order valence-electron chi connectivity index (χ4n) is 5.88. The molecule has 0 bridgehead atoms. The molecule has 12 nitrogen and oxygen atoms in total. The molecule has 0 saturated carbocycles. The number of fused-ring (bicyclic) bond motifs is 1. The van der Waals surface area contributed by atoms with E-state index in [9.17, 15) is 22.8 Å². The molecule has 1 aromatic heterocycles. The minimum absolute atomic E-state index is 0.0365. The Morgan fingerprint density at radius 3 is 2.41 bits per heavy atom. The smallest absolute Gasteiger partial charge is 0.329 e. The Labute approximate surface area is 288 Å². The Morgan fingerprint density at radius 1 is 1.08 bits per heavy atom. The van der Waals surface area contributed by atoms with Crippen molar-refractivity contribution in [3.8, 4) is 16.9 Å². The van der Waals surface area contributed by atoms with Gasteiger partial charge in [-0.15, -0.1) is 0 Å². The molecule has 0 spiro atoms. The zero-order valence-electron chi connectivity index (χ0n) is 29.4. The first kappa shape index (κ1) is 37.2. The fraction of sp³-hybridized carbons (Fsp3) is 0.444. The number of rotatable bonds is 10. The maximum Gasteiger partial charge on any atom is 0.329 e. The third-order valence-corrected chi connectivity index (χ3v) is 10.0. The van der Waals surface area contributed by atoms with Crippen LogP contribution in [0.2, 0.25) is 0 Å². The highest BCUT2D eigenvalue weighted by atomic mass is 32.2. The highest BCUT2D eigenvalue weighted by Gasteiger charge is 2.34. The normalized spacial score (nSPS) is 15.1. The number of ether oxygens (including phenoxy) is 2. The molecule has 1 atom stereocenters. The van der Waals surface area contributed by atoms with Crippen molar-refractivity contribution < 1.29 is 27.5 Å².